The van der Waals surface area contributed by atoms with Crippen molar-refractivity contribution in [3.05, 3.63) is 0 Å². The third-order valence-corrected chi connectivity index (χ3v) is 5.59. The van der Waals surface area contributed by atoms with E-state index in [2.05, 4.69) is 25.1 Å². The molecule has 0 aromatic carbocycles. The summed E-state index contributed by atoms with van der Waals surface area (Å²) in [6, 6.07) is 0.426. The van der Waals surface area contributed by atoms with Crippen LogP contribution in [0.15, 0.2) is 0 Å². The molecule has 1 fully saturated rings. The van der Waals surface area contributed by atoms with Crippen LogP contribution in [0.3, 0.4) is 0 Å². The van der Waals surface area contributed by atoms with Crippen molar-refractivity contribution < 1.29 is 8.42 Å². The summed E-state index contributed by atoms with van der Waals surface area (Å²) in [4.78, 5) is 0. The Bertz CT molecular complexity index is 428. The first-order chi connectivity index (χ1) is 9.41. The molecule has 116 valence electrons. The standard InChI is InChI=1S/C14H27N3O2S/c1-5-9-16(6-2)20(18,19)17-10-7-8-14(12-17)11-15-13(3)4/h1,13-15H,6-12H2,2-4H3. The smallest absolute Gasteiger partial charge is 0.282 e. The lowest BCUT2D eigenvalue weighted by atomic mass is 9.99. The zero-order valence-electron chi connectivity index (χ0n) is 12.8. The molecule has 5 nitrogen and oxygen atoms in total. The van der Waals surface area contributed by atoms with Crippen LogP contribution in [0.2, 0.25) is 0 Å². The quantitative estimate of drug-likeness (QED) is 0.711. The van der Waals surface area contributed by atoms with Crippen LogP contribution in [-0.2, 0) is 10.2 Å². The summed E-state index contributed by atoms with van der Waals surface area (Å²) in [6.07, 6.45) is 7.25. The average Bonchev–Trinajstić information content (AvgIpc) is 2.42. The van der Waals surface area contributed by atoms with Crippen molar-refractivity contribution in [3.63, 3.8) is 0 Å². The predicted molar refractivity (Wildman–Crippen MR) is 82.4 cm³/mol. The lowest BCUT2D eigenvalue weighted by Gasteiger charge is -2.35. The highest BCUT2D eigenvalue weighted by molar-refractivity contribution is 7.86. The van der Waals surface area contributed by atoms with Crippen molar-refractivity contribution in [2.24, 2.45) is 5.92 Å². The van der Waals surface area contributed by atoms with Crippen LogP contribution in [0.5, 0.6) is 0 Å². The number of nitrogens with one attached hydrogen (secondary N) is 1. The molecular formula is C14H27N3O2S. The van der Waals surface area contributed by atoms with Crippen molar-refractivity contribution in [3.8, 4) is 12.3 Å². The summed E-state index contributed by atoms with van der Waals surface area (Å²) in [7, 11) is -3.41. The minimum absolute atomic E-state index is 0.143. The molecule has 0 amide bonds. The highest BCUT2D eigenvalue weighted by Crippen LogP contribution is 2.20. The second-order valence-corrected chi connectivity index (χ2v) is 7.50. The van der Waals surface area contributed by atoms with Gasteiger partial charge in [-0.1, -0.05) is 26.7 Å². The summed E-state index contributed by atoms with van der Waals surface area (Å²) < 4.78 is 28.0. The van der Waals surface area contributed by atoms with Gasteiger partial charge in [0.15, 0.2) is 0 Å². The van der Waals surface area contributed by atoms with E-state index in [0.717, 1.165) is 19.4 Å². The largest absolute Gasteiger partial charge is 0.314 e. The molecule has 6 heteroatoms. The van der Waals surface area contributed by atoms with Crippen LogP contribution < -0.4 is 5.32 Å². The zero-order valence-corrected chi connectivity index (χ0v) is 13.6. The summed E-state index contributed by atoms with van der Waals surface area (Å²) in [6.45, 7) is 8.63. The molecule has 0 bridgehead atoms. The fourth-order valence-electron chi connectivity index (χ4n) is 2.43. The molecule has 0 saturated carbocycles. The highest BCUT2D eigenvalue weighted by Gasteiger charge is 2.32. The minimum Gasteiger partial charge on any atom is -0.314 e. The van der Waals surface area contributed by atoms with E-state index in [-0.39, 0.29) is 6.54 Å². The van der Waals surface area contributed by atoms with E-state index in [1.165, 1.54) is 4.31 Å². The molecule has 1 N–H and O–H groups in total. The number of nitrogens with zero attached hydrogens (tertiary/aromatic N) is 2. The normalized spacial score (nSPS) is 21.3. The van der Waals surface area contributed by atoms with Crippen LogP contribution in [0.25, 0.3) is 0 Å². The van der Waals surface area contributed by atoms with Gasteiger partial charge in [-0.25, -0.2) is 0 Å². The molecule has 1 aliphatic rings. The number of rotatable bonds is 7. The molecule has 1 saturated heterocycles. The first-order valence-corrected chi connectivity index (χ1v) is 8.73. The minimum atomic E-state index is -3.41. The van der Waals surface area contributed by atoms with Gasteiger partial charge < -0.3 is 5.32 Å². The second kappa shape index (κ2) is 7.99. The third-order valence-electron chi connectivity index (χ3n) is 3.57. The van der Waals surface area contributed by atoms with Crippen molar-refractivity contribution in [2.75, 3.05) is 32.7 Å². The fraction of sp³-hybridized carbons (Fsp3) is 0.857. The van der Waals surface area contributed by atoms with Gasteiger partial charge in [-0.3, -0.25) is 0 Å². The van der Waals surface area contributed by atoms with Gasteiger partial charge >= 0.3 is 0 Å². The average molecular weight is 301 g/mol. The van der Waals surface area contributed by atoms with Gasteiger partial charge in [0, 0.05) is 25.7 Å². The molecule has 20 heavy (non-hydrogen) atoms. The van der Waals surface area contributed by atoms with E-state index in [1.807, 2.05) is 6.92 Å². The first kappa shape index (κ1) is 17.4. The van der Waals surface area contributed by atoms with E-state index in [0.29, 0.717) is 31.6 Å². The molecule has 0 aliphatic carbocycles. The van der Waals surface area contributed by atoms with E-state index in [1.54, 1.807) is 4.31 Å². The molecule has 0 radical (unpaired) electrons. The zero-order chi connectivity index (χ0) is 15.2. The SMILES string of the molecule is C#CCN(CC)S(=O)(=O)N1CCCC(CNC(C)C)C1. The number of hydrogen-bond acceptors (Lipinski definition) is 3. The van der Waals surface area contributed by atoms with Gasteiger partial charge in [0.2, 0.25) is 0 Å². The van der Waals surface area contributed by atoms with Gasteiger partial charge in [0.05, 0.1) is 6.54 Å². The van der Waals surface area contributed by atoms with Crippen LogP contribution in [0, 0.1) is 18.3 Å². The molecule has 1 aliphatic heterocycles. The van der Waals surface area contributed by atoms with E-state index >= 15 is 0 Å². The van der Waals surface area contributed by atoms with Gasteiger partial charge in [-0.05, 0) is 25.3 Å². The number of hydrogen-bond donors (Lipinski definition) is 1. The van der Waals surface area contributed by atoms with Crippen molar-refractivity contribution in [2.45, 2.75) is 39.7 Å². The maximum Gasteiger partial charge on any atom is 0.282 e. The van der Waals surface area contributed by atoms with E-state index in [9.17, 15) is 8.42 Å². The van der Waals surface area contributed by atoms with Crippen LogP contribution in [0.4, 0.5) is 0 Å². The fourth-order valence-corrected chi connectivity index (χ4v) is 4.08. The Morgan fingerprint density at radius 1 is 1.50 bits per heavy atom. The number of terminal acetylenes is 1. The Kier molecular flexibility index (Phi) is 6.96. The van der Waals surface area contributed by atoms with Crippen molar-refractivity contribution in [1.29, 1.82) is 0 Å². The Hall–Kier alpha value is -0.610. The van der Waals surface area contributed by atoms with Crippen molar-refractivity contribution >= 4 is 10.2 Å². The molecule has 1 atom stereocenters. The summed E-state index contributed by atoms with van der Waals surface area (Å²) in [5, 5.41) is 3.39. The van der Waals surface area contributed by atoms with Crippen LogP contribution in [0.1, 0.15) is 33.6 Å². The third kappa shape index (κ3) is 4.74. The molecule has 0 spiro atoms. The Morgan fingerprint density at radius 3 is 2.75 bits per heavy atom. The highest BCUT2D eigenvalue weighted by atomic mass is 32.2. The molecule has 0 aromatic rings. The maximum absolute atomic E-state index is 12.5. The molecular weight excluding hydrogens is 274 g/mol. The van der Waals surface area contributed by atoms with E-state index < -0.39 is 10.2 Å². The lowest BCUT2D eigenvalue weighted by Crippen LogP contribution is -2.49. The maximum atomic E-state index is 12.5. The summed E-state index contributed by atoms with van der Waals surface area (Å²) in [5.41, 5.74) is 0. The lowest BCUT2D eigenvalue weighted by molar-refractivity contribution is 0.242. The Balaban J connectivity index is 2.67. The second-order valence-electron chi connectivity index (χ2n) is 5.57. The van der Waals surface area contributed by atoms with Crippen molar-refractivity contribution in [1.82, 2.24) is 13.9 Å². The molecule has 1 heterocycles. The van der Waals surface area contributed by atoms with Crippen LogP contribution in [-0.4, -0.2) is 55.8 Å². The van der Waals surface area contributed by atoms with Crippen LogP contribution >= 0.6 is 0 Å². The van der Waals surface area contributed by atoms with Gasteiger partial charge in [0.1, 0.15) is 0 Å². The first-order valence-electron chi connectivity index (χ1n) is 7.33. The predicted octanol–water partition coefficient (Wildman–Crippen LogP) is 0.896. The molecule has 0 aromatic heterocycles. The topological polar surface area (TPSA) is 52.7 Å². The van der Waals surface area contributed by atoms with Gasteiger partial charge in [-0.2, -0.15) is 17.0 Å². The Labute approximate surface area is 123 Å². The Morgan fingerprint density at radius 2 is 2.20 bits per heavy atom. The molecule has 1 unspecified atom stereocenters. The van der Waals surface area contributed by atoms with Gasteiger partial charge in [-0.15, -0.1) is 6.42 Å². The summed E-state index contributed by atoms with van der Waals surface area (Å²) in [5.74, 6) is 2.80. The number of piperidine rings is 1. The van der Waals surface area contributed by atoms with E-state index in [4.69, 9.17) is 6.42 Å². The monoisotopic (exact) mass is 301 g/mol. The summed E-state index contributed by atoms with van der Waals surface area (Å²) >= 11 is 0. The van der Waals surface area contributed by atoms with Gasteiger partial charge in [0.25, 0.3) is 10.2 Å². The molecule has 1 rings (SSSR count).